The summed E-state index contributed by atoms with van der Waals surface area (Å²) >= 11 is 5.87. The summed E-state index contributed by atoms with van der Waals surface area (Å²) in [5.74, 6) is 1.49. The average Bonchev–Trinajstić information content (AvgIpc) is 2.73. The van der Waals surface area contributed by atoms with Crippen LogP contribution in [-0.2, 0) is 6.61 Å². The molecule has 96 valence electrons. The van der Waals surface area contributed by atoms with Crippen LogP contribution in [0.2, 0.25) is 5.02 Å². The summed E-state index contributed by atoms with van der Waals surface area (Å²) in [5, 5.41) is 13.9. The van der Waals surface area contributed by atoms with E-state index in [1.165, 1.54) is 0 Å². The molecule has 2 aromatic rings. The molecule has 5 nitrogen and oxygen atoms in total. The van der Waals surface area contributed by atoms with Gasteiger partial charge in [0.25, 0.3) is 5.89 Å². The summed E-state index contributed by atoms with van der Waals surface area (Å²) in [7, 11) is 0. The van der Waals surface area contributed by atoms with Crippen molar-refractivity contribution in [2.24, 2.45) is 0 Å². The topological polar surface area (TPSA) is 68.4 Å². The smallest absolute Gasteiger partial charge is 0.264 e. The first-order chi connectivity index (χ1) is 8.56. The monoisotopic (exact) mass is 268 g/mol. The summed E-state index contributed by atoms with van der Waals surface area (Å²) in [6.07, 6.45) is -0.664. The highest BCUT2D eigenvalue weighted by Crippen LogP contribution is 2.28. The van der Waals surface area contributed by atoms with Gasteiger partial charge in [0.2, 0.25) is 0 Å². The molecule has 0 fully saturated rings. The van der Waals surface area contributed by atoms with E-state index in [0.29, 0.717) is 28.1 Å². The Labute approximate surface area is 109 Å². The maximum Gasteiger partial charge on any atom is 0.264 e. The lowest BCUT2D eigenvalue weighted by Crippen LogP contribution is -2.01. The van der Waals surface area contributed by atoms with E-state index in [2.05, 4.69) is 10.1 Å². The molecule has 0 aliphatic carbocycles. The second-order valence-electron chi connectivity index (χ2n) is 3.88. The fourth-order valence-corrected chi connectivity index (χ4v) is 1.70. The van der Waals surface area contributed by atoms with Crippen LogP contribution in [0.5, 0.6) is 5.75 Å². The molecule has 2 rings (SSSR count). The van der Waals surface area contributed by atoms with Gasteiger partial charge in [0, 0.05) is 10.6 Å². The SMILES string of the molecule is Cc1noc(COc2ccc(Cl)cc2C(C)O)n1. The fourth-order valence-electron chi connectivity index (χ4n) is 1.52. The molecule has 1 aromatic heterocycles. The van der Waals surface area contributed by atoms with Gasteiger partial charge in [-0.1, -0.05) is 16.8 Å². The number of nitrogens with zero attached hydrogens (tertiary/aromatic N) is 2. The van der Waals surface area contributed by atoms with Crippen molar-refractivity contribution in [3.05, 3.63) is 40.5 Å². The predicted molar refractivity (Wildman–Crippen MR) is 65.5 cm³/mol. The van der Waals surface area contributed by atoms with Crippen molar-refractivity contribution in [2.75, 3.05) is 0 Å². The number of ether oxygens (including phenoxy) is 1. The van der Waals surface area contributed by atoms with Gasteiger partial charge in [-0.2, -0.15) is 4.98 Å². The second-order valence-corrected chi connectivity index (χ2v) is 4.32. The van der Waals surface area contributed by atoms with Gasteiger partial charge in [0.1, 0.15) is 5.75 Å². The third-order valence-electron chi connectivity index (χ3n) is 2.34. The summed E-state index contributed by atoms with van der Waals surface area (Å²) in [6, 6.07) is 5.07. The molecule has 0 amide bonds. The van der Waals surface area contributed by atoms with Crippen molar-refractivity contribution in [1.29, 1.82) is 0 Å². The Bertz CT molecular complexity index is 540. The summed E-state index contributed by atoms with van der Waals surface area (Å²) in [4.78, 5) is 4.03. The molecular weight excluding hydrogens is 256 g/mol. The van der Waals surface area contributed by atoms with Crippen LogP contribution in [0.15, 0.2) is 22.7 Å². The quantitative estimate of drug-likeness (QED) is 0.923. The maximum atomic E-state index is 9.64. The number of hydrogen-bond donors (Lipinski definition) is 1. The van der Waals surface area contributed by atoms with E-state index in [9.17, 15) is 5.11 Å². The number of aliphatic hydroxyl groups is 1. The zero-order valence-corrected chi connectivity index (χ0v) is 10.8. The van der Waals surface area contributed by atoms with E-state index in [1.54, 1.807) is 32.0 Å². The van der Waals surface area contributed by atoms with Gasteiger partial charge in [0.05, 0.1) is 6.10 Å². The normalized spacial score (nSPS) is 12.4. The highest BCUT2D eigenvalue weighted by atomic mass is 35.5. The first-order valence-corrected chi connectivity index (χ1v) is 5.83. The van der Waals surface area contributed by atoms with E-state index in [0.717, 1.165) is 0 Å². The number of rotatable bonds is 4. The van der Waals surface area contributed by atoms with Crippen LogP contribution >= 0.6 is 11.6 Å². The minimum atomic E-state index is -0.664. The molecule has 1 atom stereocenters. The average molecular weight is 269 g/mol. The molecule has 0 bridgehead atoms. The molecule has 0 spiro atoms. The standard InChI is InChI=1S/C12H13ClN2O3/c1-7(16)10-5-9(13)3-4-11(10)17-6-12-14-8(2)15-18-12/h3-5,7,16H,6H2,1-2H3. The maximum absolute atomic E-state index is 9.64. The third kappa shape index (κ3) is 3.00. The van der Waals surface area contributed by atoms with Gasteiger partial charge in [-0.25, -0.2) is 0 Å². The second kappa shape index (κ2) is 5.37. The lowest BCUT2D eigenvalue weighted by molar-refractivity contribution is 0.185. The molecule has 1 heterocycles. The molecule has 0 aliphatic heterocycles. The van der Waals surface area contributed by atoms with E-state index in [-0.39, 0.29) is 6.61 Å². The first-order valence-electron chi connectivity index (χ1n) is 5.46. The third-order valence-corrected chi connectivity index (χ3v) is 2.58. The van der Waals surface area contributed by atoms with Crippen molar-refractivity contribution >= 4 is 11.6 Å². The van der Waals surface area contributed by atoms with Crippen LogP contribution in [0, 0.1) is 6.92 Å². The Morgan fingerprint density at radius 1 is 1.50 bits per heavy atom. The molecule has 18 heavy (non-hydrogen) atoms. The van der Waals surface area contributed by atoms with Crippen LogP contribution in [-0.4, -0.2) is 15.2 Å². The van der Waals surface area contributed by atoms with Crippen LogP contribution in [0.25, 0.3) is 0 Å². The molecule has 1 aromatic carbocycles. The van der Waals surface area contributed by atoms with Gasteiger partial charge in [-0.15, -0.1) is 0 Å². The largest absolute Gasteiger partial charge is 0.483 e. The lowest BCUT2D eigenvalue weighted by atomic mass is 10.1. The Morgan fingerprint density at radius 3 is 2.89 bits per heavy atom. The Morgan fingerprint density at radius 2 is 2.28 bits per heavy atom. The molecule has 0 aliphatic rings. The Hall–Kier alpha value is -1.59. The molecular formula is C12H13ClN2O3. The van der Waals surface area contributed by atoms with Gasteiger partial charge < -0.3 is 14.4 Å². The highest BCUT2D eigenvalue weighted by molar-refractivity contribution is 6.30. The van der Waals surface area contributed by atoms with Crippen molar-refractivity contribution in [1.82, 2.24) is 10.1 Å². The van der Waals surface area contributed by atoms with E-state index < -0.39 is 6.10 Å². The number of halogens is 1. The van der Waals surface area contributed by atoms with E-state index >= 15 is 0 Å². The highest BCUT2D eigenvalue weighted by Gasteiger charge is 2.11. The van der Waals surface area contributed by atoms with E-state index in [1.807, 2.05) is 0 Å². The predicted octanol–water partition coefficient (Wildman–Crippen LogP) is 2.66. The zero-order chi connectivity index (χ0) is 13.1. The number of aliphatic hydroxyl groups excluding tert-OH is 1. The molecule has 0 radical (unpaired) electrons. The minimum Gasteiger partial charge on any atom is -0.483 e. The number of aryl methyl sites for hydroxylation is 1. The van der Waals surface area contributed by atoms with Crippen LogP contribution < -0.4 is 4.74 Å². The fraction of sp³-hybridized carbons (Fsp3) is 0.333. The van der Waals surface area contributed by atoms with Gasteiger partial charge >= 0.3 is 0 Å². The van der Waals surface area contributed by atoms with Crippen LogP contribution in [0.1, 0.15) is 30.3 Å². The molecule has 0 saturated heterocycles. The summed E-state index contributed by atoms with van der Waals surface area (Å²) in [6.45, 7) is 3.54. The van der Waals surface area contributed by atoms with E-state index in [4.69, 9.17) is 20.9 Å². The lowest BCUT2D eigenvalue weighted by Gasteiger charge is -2.12. The molecule has 0 saturated carbocycles. The van der Waals surface area contributed by atoms with Crippen LogP contribution in [0.3, 0.4) is 0 Å². The van der Waals surface area contributed by atoms with Crippen molar-refractivity contribution < 1.29 is 14.4 Å². The van der Waals surface area contributed by atoms with Crippen molar-refractivity contribution in [3.63, 3.8) is 0 Å². The summed E-state index contributed by atoms with van der Waals surface area (Å²) in [5.41, 5.74) is 0.624. The Balaban J connectivity index is 2.13. The first kappa shape index (κ1) is 12.9. The zero-order valence-electron chi connectivity index (χ0n) is 10.1. The summed E-state index contributed by atoms with van der Waals surface area (Å²) < 4.78 is 10.5. The molecule has 1 N–H and O–H groups in total. The van der Waals surface area contributed by atoms with Crippen molar-refractivity contribution in [2.45, 2.75) is 26.6 Å². The number of benzene rings is 1. The number of aromatic nitrogens is 2. The van der Waals surface area contributed by atoms with Crippen LogP contribution in [0.4, 0.5) is 0 Å². The van der Waals surface area contributed by atoms with Gasteiger partial charge in [0.15, 0.2) is 12.4 Å². The molecule has 6 heteroatoms. The number of hydrogen-bond acceptors (Lipinski definition) is 5. The van der Waals surface area contributed by atoms with Gasteiger partial charge in [-0.05, 0) is 32.0 Å². The Kier molecular flexibility index (Phi) is 3.84. The van der Waals surface area contributed by atoms with Crippen molar-refractivity contribution in [3.8, 4) is 5.75 Å². The van der Waals surface area contributed by atoms with Gasteiger partial charge in [-0.3, -0.25) is 0 Å². The molecule has 1 unspecified atom stereocenters. The minimum absolute atomic E-state index is 0.155.